The predicted molar refractivity (Wildman–Crippen MR) is 64.2 cm³/mol. The van der Waals surface area contributed by atoms with Gasteiger partial charge in [0.15, 0.2) is 11.5 Å². The van der Waals surface area contributed by atoms with Crippen molar-refractivity contribution in [3.8, 4) is 17.2 Å². The number of aryl methyl sites for hydroxylation is 1. The Morgan fingerprint density at radius 1 is 1.12 bits per heavy atom. The Balaban J connectivity index is 2.77. The summed E-state index contributed by atoms with van der Waals surface area (Å²) in [5, 5.41) is 19.1. The molecule has 3 heteroatoms. The summed E-state index contributed by atoms with van der Waals surface area (Å²) in [5.41, 5.74) is 1.01. The van der Waals surface area contributed by atoms with Crippen LogP contribution < -0.4 is 4.74 Å². The number of phenolic OH excluding ortho intramolecular Hbond substituents is 2. The minimum atomic E-state index is -0.166. The van der Waals surface area contributed by atoms with Gasteiger partial charge in [0.2, 0.25) is 5.75 Å². The standard InChI is InChI=1S/C13H20O3/c1-3-5-6-7-10-8-11(14)13(15)12(9-10)16-4-2/h8-9,14-15H,3-7H2,1-2H3. The molecule has 0 amide bonds. The van der Waals surface area contributed by atoms with E-state index in [2.05, 4.69) is 6.92 Å². The number of hydrogen-bond acceptors (Lipinski definition) is 3. The maximum atomic E-state index is 9.55. The Labute approximate surface area is 96.7 Å². The van der Waals surface area contributed by atoms with Crippen molar-refractivity contribution in [2.75, 3.05) is 6.61 Å². The average molecular weight is 224 g/mol. The van der Waals surface area contributed by atoms with Crippen LogP contribution in [0.4, 0.5) is 0 Å². The minimum Gasteiger partial charge on any atom is -0.504 e. The van der Waals surface area contributed by atoms with Gasteiger partial charge < -0.3 is 14.9 Å². The van der Waals surface area contributed by atoms with Gasteiger partial charge in [-0.15, -0.1) is 0 Å². The van der Waals surface area contributed by atoms with Crippen LogP contribution in [0.1, 0.15) is 38.7 Å². The van der Waals surface area contributed by atoms with Gasteiger partial charge in [0.25, 0.3) is 0 Å². The molecule has 0 radical (unpaired) electrons. The number of phenols is 2. The third kappa shape index (κ3) is 3.33. The van der Waals surface area contributed by atoms with Crippen molar-refractivity contribution >= 4 is 0 Å². The lowest BCUT2D eigenvalue weighted by Gasteiger charge is -2.10. The Morgan fingerprint density at radius 3 is 2.50 bits per heavy atom. The predicted octanol–water partition coefficient (Wildman–Crippen LogP) is 3.23. The van der Waals surface area contributed by atoms with Crippen molar-refractivity contribution < 1.29 is 14.9 Å². The lowest BCUT2D eigenvalue weighted by Crippen LogP contribution is -1.94. The van der Waals surface area contributed by atoms with E-state index in [9.17, 15) is 10.2 Å². The second kappa shape index (κ2) is 6.26. The topological polar surface area (TPSA) is 49.7 Å². The van der Waals surface area contributed by atoms with E-state index < -0.39 is 0 Å². The molecule has 3 nitrogen and oxygen atoms in total. The Bertz CT molecular complexity index is 334. The third-order valence-electron chi connectivity index (χ3n) is 2.48. The smallest absolute Gasteiger partial charge is 0.200 e. The second-order valence-corrected chi connectivity index (χ2v) is 3.85. The fraction of sp³-hybridized carbons (Fsp3) is 0.538. The zero-order valence-corrected chi connectivity index (χ0v) is 9.99. The zero-order valence-electron chi connectivity index (χ0n) is 9.99. The second-order valence-electron chi connectivity index (χ2n) is 3.85. The SMILES string of the molecule is CCCCCc1cc(O)c(O)c(OCC)c1. The van der Waals surface area contributed by atoms with Gasteiger partial charge in [-0.3, -0.25) is 0 Å². The Morgan fingerprint density at radius 2 is 1.88 bits per heavy atom. The van der Waals surface area contributed by atoms with Crippen LogP contribution in [0, 0.1) is 0 Å². The van der Waals surface area contributed by atoms with E-state index >= 15 is 0 Å². The Kier molecular flexibility index (Phi) is 4.96. The molecule has 0 heterocycles. The van der Waals surface area contributed by atoms with Crippen LogP contribution >= 0.6 is 0 Å². The monoisotopic (exact) mass is 224 g/mol. The molecule has 0 unspecified atom stereocenters. The molecule has 0 saturated heterocycles. The van der Waals surface area contributed by atoms with Crippen molar-refractivity contribution in [1.82, 2.24) is 0 Å². The average Bonchev–Trinajstić information content (AvgIpc) is 2.26. The minimum absolute atomic E-state index is 0.0996. The molecule has 0 atom stereocenters. The van der Waals surface area contributed by atoms with Gasteiger partial charge in [-0.05, 0) is 37.5 Å². The molecular formula is C13H20O3. The van der Waals surface area contributed by atoms with Crippen molar-refractivity contribution in [3.63, 3.8) is 0 Å². The number of ether oxygens (including phenoxy) is 1. The van der Waals surface area contributed by atoms with Gasteiger partial charge in [0, 0.05) is 0 Å². The van der Waals surface area contributed by atoms with Crippen LogP contribution in [0.2, 0.25) is 0 Å². The van der Waals surface area contributed by atoms with Gasteiger partial charge in [0.1, 0.15) is 0 Å². The molecule has 1 rings (SSSR count). The first-order valence-electron chi connectivity index (χ1n) is 5.86. The van der Waals surface area contributed by atoms with E-state index in [1.165, 1.54) is 12.8 Å². The first-order chi connectivity index (χ1) is 7.69. The van der Waals surface area contributed by atoms with Crippen LogP contribution in [-0.4, -0.2) is 16.8 Å². The van der Waals surface area contributed by atoms with Gasteiger partial charge in [-0.25, -0.2) is 0 Å². The van der Waals surface area contributed by atoms with E-state index in [0.717, 1.165) is 18.4 Å². The molecular weight excluding hydrogens is 204 g/mol. The summed E-state index contributed by atoms with van der Waals surface area (Å²) < 4.78 is 5.25. The summed E-state index contributed by atoms with van der Waals surface area (Å²) >= 11 is 0. The zero-order chi connectivity index (χ0) is 12.0. The Hall–Kier alpha value is -1.38. The molecule has 0 spiro atoms. The van der Waals surface area contributed by atoms with Gasteiger partial charge in [-0.1, -0.05) is 19.8 Å². The van der Waals surface area contributed by atoms with Gasteiger partial charge in [-0.2, -0.15) is 0 Å². The van der Waals surface area contributed by atoms with E-state index in [1.807, 2.05) is 6.92 Å². The summed E-state index contributed by atoms with van der Waals surface area (Å²) in [7, 11) is 0. The van der Waals surface area contributed by atoms with Crippen molar-refractivity contribution in [1.29, 1.82) is 0 Å². The lowest BCUT2D eigenvalue weighted by atomic mass is 10.1. The summed E-state index contributed by atoms with van der Waals surface area (Å²) in [4.78, 5) is 0. The number of rotatable bonds is 6. The van der Waals surface area contributed by atoms with Crippen molar-refractivity contribution in [2.24, 2.45) is 0 Å². The van der Waals surface area contributed by atoms with Crippen molar-refractivity contribution in [3.05, 3.63) is 17.7 Å². The quantitative estimate of drug-likeness (QED) is 0.576. The number of aromatic hydroxyl groups is 2. The van der Waals surface area contributed by atoms with E-state index in [1.54, 1.807) is 12.1 Å². The largest absolute Gasteiger partial charge is 0.504 e. The van der Waals surface area contributed by atoms with Crippen LogP contribution in [0.15, 0.2) is 12.1 Å². The highest BCUT2D eigenvalue weighted by atomic mass is 16.5. The van der Waals surface area contributed by atoms with Crippen LogP contribution in [-0.2, 0) is 6.42 Å². The molecule has 0 aliphatic heterocycles. The van der Waals surface area contributed by atoms with Crippen LogP contribution in [0.5, 0.6) is 17.2 Å². The van der Waals surface area contributed by atoms with E-state index in [0.29, 0.717) is 12.4 Å². The molecule has 90 valence electrons. The fourth-order valence-corrected chi connectivity index (χ4v) is 1.64. The van der Waals surface area contributed by atoms with Crippen LogP contribution in [0.25, 0.3) is 0 Å². The van der Waals surface area contributed by atoms with E-state index in [-0.39, 0.29) is 11.5 Å². The molecule has 0 aliphatic carbocycles. The summed E-state index contributed by atoms with van der Waals surface area (Å²) in [6, 6.07) is 3.40. The molecule has 16 heavy (non-hydrogen) atoms. The molecule has 0 aromatic heterocycles. The van der Waals surface area contributed by atoms with Gasteiger partial charge >= 0.3 is 0 Å². The highest BCUT2D eigenvalue weighted by Crippen LogP contribution is 2.36. The summed E-state index contributed by atoms with van der Waals surface area (Å²) in [6.07, 6.45) is 4.34. The highest BCUT2D eigenvalue weighted by Gasteiger charge is 2.09. The molecule has 1 aromatic carbocycles. The molecule has 0 fully saturated rings. The van der Waals surface area contributed by atoms with Crippen molar-refractivity contribution in [2.45, 2.75) is 39.5 Å². The molecule has 0 bridgehead atoms. The normalized spacial score (nSPS) is 10.4. The summed E-state index contributed by atoms with van der Waals surface area (Å²) in [6.45, 7) is 4.48. The first-order valence-corrected chi connectivity index (χ1v) is 5.86. The number of unbranched alkanes of at least 4 members (excludes halogenated alkanes) is 2. The fourth-order valence-electron chi connectivity index (χ4n) is 1.64. The third-order valence-corrected chi connectivity index (χ3v) is 2.48. The first kappa shape index (κ1) is 12.7. The number of hydrogen-bond donors (Lipinski definition) is 2. The maximum absolute atomic E-state index is 9.55. The molecule has 2 N–H and O–H groups in total. The maximum Gasteiger partial charge on any atom is 0.200 e. The van der Waals surface area contributed by atoms with Gasteiger partial charge in [0.05, 0.1) is 6.61 Å². The van der Waals surface area contributed by atoms with E-state index in [4.69, 9.17) is 4.74 Å². The highest BCUT2D eigenvalue weighted by molar-refractivity contribution is 5.51. The molecule has 0 aliphatic rings. The lowest BCUT2D eigenvalue weighted by molar-refractivity contribution is 0.308. The summed E-state index contributed by atoms with van der Waals surface area (Å²) in [5.74, 6) is 0.104. The number of benzene rings is 1. The molecule has 1 aromatic rings. The van der Waals surface area contributed by atoms with Crippen LogP contribution in [0.3, 0.4) is 0 Å². The molecule has 0 saturated carbocycles.